The zero-order valence-electron chi connectivity index (χ0n) is 17.4. The van der Waals surface area contributed by atoms with Gasteiger partial charge in [-0.15, -0.1) is 0 Å². The molecule has 3 aromatic carbocycles. The highest BCUT2D eigenvalue weighted by molar-refractivity contribution is 6.32. The van der Waals surface area contributed by atoms with Crippen molar-refractivity contribution in [1.29, 1.82) is 0 Å². The van der Waals surface area contributed by atoms with Gasteiger partial charge in [0.15, 0.2) is 0 Å². The van der Waals surface area contributed by atoms with Crippen LogP contribution in [0.4, 0.5) is 4.39 Å². The van der Waals surface area contributed by atoms with Gasteiger partial charge in [0.05, 0.1) is 23.8 Å². The molecule has 0 fully saturated rings. The Labute approximate surface area is 192 Å². The zero-order valence-corrected chi connectivity index (χ0v) is 18.2. The van der Waals surface area contributed by atoms with E-state index in [4.69, 9.17) is 17.3 Å². The van der Waals surface area contributed by atoms with E-state index in [0.717, 1.165) is 13.7 Å². The predicted octanol–water partition coefficient (Wildman–Crippen LogP) is 2.70. The smallest absolute Gasteiger partial charge is 0.322 e. The summed E-state index contributed by atoms with van der Waals surface area (Å²) in [5, 5.41) is 0.145. The van der Waals surface area contributed by atoms with Crippen molar-refractivity contribution < 1.29 is 4.39 Å². The largest absolute Gasteiger partial charge is 0.341 e. The Hall–Kier alpha value is -3.75. The summed E-state index contributed by atoms with van der Waals surface area (Å²) in [7, 11) is 0. The van der Waals surface area contributed by atoms with Gasteiger partial charge in [-0.3, -0.25) is 0 Å². The molecule has 168 valence electrons. The van der Waals surface area contributed by atoms with Gasteiger partial charge in [0.2, 0.25) is 0 Å². The minimum absolute atomic E-state index is 0.110. The van der Waals surface area contributed by atoms with Crippen molar-refractivity contribution in [1.82, 2.24) is 13.7 Å². The number of halogens is 2. The minimum Gasteiger partial charge on any atom is -0.322 e. The van der Waals surface area contributed by atoms with Gasteiger partial charge >= 0.3 is 17.1 Å². The molecule has 9 heteroatoms. The molecule has 0 saturated heterocycles. The van der Waals surface area contributed by atoms with Crippen molar-refractivity contribution in [2.24, 2.45) is 5.73 Å². The summed E-state index contributed by atoms with van der Waals surface area (Å²) in [4.78, 5) is 39.9. The molecule has 2 N–H and O–H groups in total. The van der Waals surface area contributed by atoms with E-state index in [9.17, 15) is 18.8 Å². The second-order valence-corrected chi connectivity index (χ2v) is 7.85. The number of nitrogens with two attached hydrogens (primary N) is 1. The van der Waals surface area contributed by atoms with Crippen LogP contribution in [0.2, 0.25) is 5.02 Å². The lowest BCUT2D eigenvalue weighted by atomic mass is 10.1. The monoisotopic (exact) mass is 466 g/mol. The lowest BCUT2D eigenvalue weighted by Gasteiger charge is -2.18. The highest BCUT2D eigenvalue weighted by Crippen LogP contribution is 2.17. The fourth-order valence-corrected chi connectivity index (χ4v) is 3.78. The van der Waals surface area contributed by atoms with Crippen LogP contribution in [-0.4, -0.2) is 13.7 Å². The van der Waals surface area contributed by atoms with E-state index in [-0.39, 0.29) is 29.4 Å². The maximum Gasteiger partial charge on any atom is 0.341 e. The Kier molecular flexibility index (Phi) is 6.39. The first kappa shape index (κ1) is 22.4. The molecule has 0 radical (unpaired) electrons. The average molecular weight is 467 g/mol. The number of para-hydroxylation sites is 1. The summed E-state index contributed by atoms with van der Waals surface area (Å²) in [6.45, 7) is -0.556. The summed E-state index contributed by atoms with van der Waals surface area (Å²) >= 11 is 6.25. The normalized spacial score (nSPS) is 12.0. The van der Waals surface area contributed by atoms with Gasteiger partial charge in [-0.2, -0.15) is 0 Å². The van der Waals surface area contributed by atoms with Crippen molar-refractivity contribution in [3.8, 4) is 5.69 Å². The molecule has 1 heterocycles. The van der Waals surface area contributed by atoms with Crippen LogP contribution in [0.5, 0.6) is 0 Å². The van der Waals surface area contributed by atoms with E-state index in [1.807, 2.05) is 6.07 Å². The van der Waals surface area contributed by atoms with Crippen molar-refractivity contribution in [2.45, 2.75) is 19.1 Å². The molecule has 7 nitrogen and oxygen atoms in total. The molecule has 0 amide bonds. The Morgan fingerprint density at radius 2 is 1.39 bits per heavy atom. The Morgan fingerprint density at radius 3 is 2.09 bits per heavy atom. The third kappa shape index (κ3) is 4.44. The lowest BCUT2D eigenvalue weighted by Crippen LogP contribution is -2.55. The Bertz CT molecular complexity index is 1480. The van der Waals surface area contributed by atoms with Gasteiger partial charge in [0.1, 0.15) is 5.82 Å². The van der Waals surface area contributed by atoms with E-state index < -0.39 is 28.9 Å². The van der Waals surface area contributed by atoms with Crippen LogP contribution in [0.15, 0.2) is 93.2 Å². The molecule has 33 heavy (non-hydrogen) atoms. The molecular weight excluding hydrogens is 447 g/mol. The average Bonchev–Trinajstić information content (AvgIpc) is 2.82. The summed E-state index contributed by atoms with van der Waals surface area (Å²) in [5.41, 5.74) is 4.52. The fourth-order valence-electron chi connectivity index (χ4n) is 3.56. The van der Waals surface area contributed by atoms with Crippen LogP contribution < -0.4 is 22.8 Å². The molecule has 1 atom stereocenters. The number of rotatable bonds is 6. The molecule has 0 spiro atoms. The number of aromatic nitrogens is 3. The minimum atomic E-state index is -0.925. The summed E-state index contributed by atoms with van der Waals surface area (Å²) < 4.78 is 16.8. The van der Waals surface area contributed by atoms with Crippen LogP contribution in [0.1, 0.15) is 17.2 Å². The first-order chi connectivity index (χ1) is 15.9. The Balaban J connectivity index is 1.94. The second kappa shape index (κ2) is 9.40. The summed E-state index contributed by atoms with van der Waals surface area (Å²) in [5.74, 6) is -0.577. The van der Waals surface area contributed by atoms with Gasteiger partial charge in [-0.25, -0.2) is 32.5 Å². The Morgan fingerprint density at radius 1 is 0.788 bits per heavy atom. The van der Waals surface area contributed by atoms with Crippen LogP contribution in [0.3, 0.4) is 0 Å². The SMILES string of the molecule is NC(Cn1c(=O)n(Cc2ccccc2F)c(=O)n(-c2ccccc2Cl)c1=O)c1ccccc1. The number of nitrogens with zero attached hydrogens (tertiary/aromatic N) is 3. The molecule has 0 bridgehead atoms. The second-order valence-electron chi connectivity index (χ2n) is 7.44. The van der Waals surface area contributed by atoms with Crippen LogP contribution in [0, 0.1) is 5.82 Å². The fraction of sp³-hybridized carbons (Fsp3) is 0.125. The maximum absolute atomic E-state index is 14.3. The first-order valence-electron chi connectivity index (χ1n) is 10.1. The molecular formula is C24H20ClFN4O3. The van der Waals surface area contributed by atoms with Gasteiger partial charge in [0.25, 0.3) is 0 Å². The van der Waals surface area contributed by atoms with Crippen molar-refractivity contribution >= 4 is 11.6 Å². The van der Waals surface area contributed by atoms with E-state index >= 15 is 0 Å². The van der Waals surface area contributed by atoms with Crippen molar-refractivity contribution in [3.05, 3.63) is 132 Å². The van der Waals surface area contributed by atoms with Crippen molar-refractivity contribution in [3.63, 3.8) is 0 Å². The number of benzene rings is 3. The zero-order chi connectivity index (χ0) is 23.5. The molecule has 0 aliphatic heterocycles. The standard InChI is InChI=1S/C24H20ClFN4O3/c25-18-11-5-7-13-21(18)30-23(32)28(14-17-10-4-6-12-19(17)26)22(31)29(24(30)33)15-20(27)16-8-2-1-3-9-16/h1-13,20H,14-15,27H2. The van der Waals surface area contributed by atoms with Gasteiger partial charge in [-0.05, 0) is 23.8 Å². The molecule has 1 aromatic heterocycles. The molecule has 0 saturated carbocycles. The first-order valence-corrected chi connectivity index (χ1v) is 10.5. The van der Waals surface area contributed by atoms with Crippen molar-refractivity contribution in [2.75, 3.05) is 0 Å². The van der Waals surface area contributed by atoms with Crippen LogP contribution in [0.25, 0.3) is 5.69 Å². The van der Waals surface area contributed by atoms with E-state index in [0.29, 0.717) is 5.56 Å². The highest BCUT2D eigenvalue weighted by Gasteiger charge is 2.21. The molecule has 1 unspecified atom stereocenters. The summed E-state index contributed by atoms with van der Waals surface area (Å²) in [6.07, 6.45) is 0. The maximum atomic E-state index is 14.3. The lowest BCUT2D eigenvalue weighted by molar-refractivity contribution is 0.465. The van der Waals surface area contributed by atoms with Gasteiger partial charge < -0.3 is 5.73 Å². The van der Waals surface area contributed by atoms with Gasteiger partial charge in [-0.1, -0.05) is 72.3 Å². The van der Waals surface area contributed by atoms with E-state index in [2.05, 4.69) is 0 Å². The summed E-state index contributed by atoms with van der Waals surface area (Å²) in [6, 6.07) is 20.3. The van der Waals surface area contributed by atoms with Crippen LogP contribution in [-0.2, 0) is 13.1 Å². The highest BCUT2D eigenvalue weighted by atomic mass is 35.5. The third-order valence-electron chi connectivity index (χ3n) is 5.29. The third-order valence-corrected chi connectivity index (χ3v) is 5.61. The predicted molar refractivity (Wildman–Crippen MR) is 124 cm³/mol. The topological polar surface area (TPSA) is 92.0 Å². The van der Waals surface area contributed by atoms with Gasteiger partial charge in [0, 0.05) is 11.6 Å². The molecule has 0 aliphatic rings. The number of hydrogen-bond acceptors (Lipinski definition) is 4. The number of hydrogen-bond donors (Lipinski definition) is 1. The van der Waals surface area contributed by atoms with E-state index in [1.54, 1.807) is 42.5 Å². The molecule has 0 aliphatic carbocycles. The quantitative estimate of drug-likeness (QED) is 0.473. The molecule has 4 rings (SSSR count). The molecule has 4 aromatic rings. The van der Waals surface area contributed by atoms with Crippen LogP contribution >= 0.6 is 11.6 Å². The van der Waals surface area contributed by atoms with E-state index in [1.165, 1.54) is 30.3 Å².